The maximum atomic E-state index is 12.8. The van der Waals surface area contributed by atoms with E-state index in [0.29, 0.717) is 5.75 Å². The van der Waals surface area contributed by atoms with Crippen LogP contribution in [0.25, 0.3) is 0 Å². The standard InChI is InChI=1S/C16H14BrFO2/c1-11-8-13(17)4-7-16(11)20-10-15(19)9-12-2-5-14(18)6-3-12/h2-8H,9-10H2,1H3. The van der Waals surface area contributed by atoms with E-state index in [1.165, 1.54) is 12.1 Å². The summed E-state index contributed by atoms with van der Waals surface area (Å²) in [5.41, 5.74) is 1.75. The summed E-state index contributed by atoms with van der Waals surface area (Å²) in [5, 5.41) is 0. The molecule has 0 heterocycles. The molecule has 0 aliphatic carbocycles. The Morgan fingerprint density at radius 3 is 2.55 bits per heavy atom. The van der Waals surface area contributed by atoms with Gasteiger partial charge in [0.1, 0.15) is 18.2 Å². The van der Waals surface area contributed by atoms with Gasteiger partial charge in [-0.05, 0) is 48.4 Å². The quantitative estimate of drug-likeness (QED) is 0.822. The molecule has 2 aromatic rings. The second kappa shape index (κ2) is 6.66. The summed E-state index contributed by atoms with van der Waals surface area (Å²) < 4.78 is 19.2. The Labute approximate surface area is 125 Å². The van der Waals surface area contributed by atoms with Gasteiger partial charge in [0.25, 0.3) is 0 Å². The van der Waals surface area contributed by atoms with E-state index in [2.05, 4.69) is 15.9 Å². The number of carbonyl (C=O) groups excluding carboxylic acids is 1. The summed E-state index contributed by atoms with van der Waals surface area (Å²) in [4.78, 5) is 11.8. The molecule has 0 spiro atoms. The highest BCUT2D eigenvalue weighted by Crippen LogP contribution is 2.22. The van der Waals surface area contributed by atoms with Crippen LogP contribution in [-0.4, -0.2) is 12.4 Å². The summed E-state index contributed by atoms with van der Waals surface area (Å²) in [5.74, 6) is 0.350. The predicted octanol–water partition coefficient (Wildman–Crippen LogP) is 4.09. The summed E-state index contributed by atoms with van der Waals surface area (Å²) in [6.07, 6.45) is 0.246. The highest BCUT2D eigenvalue weighted by molar-refractivity contribution is 9.10. The Balaban J connectivity index is 1.90. The topological polar surface area (TPSA) is 26.3 Å². The number of carbonyl (C=O) groups is 1. The molecule has 0 saturated heterocycles. The molecule has 2 rings (SSSR count). The molecule has 0 aliphatic rings. The van der Waals surface area contributed by atoms with Gasteiger partial charge >= 0.3 is 0 Å². The average molecular weight is 337 g/mol. The third-order valence-electron chi connectivity index (χ3n) is 2.84. The number of hydrogen-bond acceptors (Lipinski definition) is 2. The molecule has 0 radical (unpaired) electrons. The molecule has 104 valence electrons. The minimum Gasteiger partial charge on any atom is -0.486 e. The van der Waals surface area contributed by atoms with Crippen molar-refractivity contribution < 1.29 is 13.9 Å². The fraction of sp³-hybridized carbons (Fsp3) is 0.188. The van der Waals surface area contributed by atoms with Crippen molar-refractivity contribution in [1.29, 1.82) is 0 Å². The first kappa shape index (κ1) is 14.7. The fourth-order valence-electron chi connectivity index (χ4n) is 1.81. The van der Waals surface area contributed by atoms with Crippen LogP contribution in [0.5, 0.6) is 5.75 Å². The van der Waals surface area contributed by atoms with Gasteiger partial charge in [-0.15, -0.1) is 0 Å². The minimum absolute atomic E-state index is 0.0137. The lowest BCUT2D eigenvalue weighted by Crippen LogP contribution is -2.14. The van der Waals surface area contributed by atoms with Crippen LogP contribution in [0.1, 0.15) is 11.1 Å². The second-order valence-corrected chi connectivity index (χ2v) is 5.46. The predicted molar refractivity (Wildman–Crippen MR) is 79.5 cm³/mol. The lowest BCUT2D eigenvalue weighted by molar-refractivity contribution is -0.120. The van der Waals surface area contributed by atoms with Gasteiger partial charge in [-0.1, -0.05) is 28.1 Å². The van der Waals surface area contributed by atoms with Crippen molar-refractivity contribution in [2.75, 3.05) is 6.61 Å². The molecule has 4 heteroatoms. The van der Waals surface area contributed by atoms with E-state index >= 15 is 0 Å². The lowest BCUT2D eigenvalue weighted by atomic mass is 10.1. The summed E-state index contributed by atoms with van der Waals surface area (Å²) in [6, 6.07) is 11.5. The van der Waals surface area contributed by atoms with Crippen LogP contribution < -0.4 is 4.74 Å². The number of ether oxygens (including phenoxy) is 1. The first-order valence-corrected chi connectivity index (χ1v) is 6.99. The molecule has 0 unspecified atom stereocenters. The zero-order valence-electron chi connectivity index (χ0n) is 11.0. The molecule has 0 fully saturated rings. The molecular weight excluding hydrogens is 323 g/mol. The van der Waals surface area contributed by atoms with Crippen LogP contribution in [0.15, 0.2) is 46.9 Å². The summed E-state index contributed by atoms with van der Waals surface area (Å²) >= 11 is 3.37. The minimum atomic E-state index is -0.303. The molecule has 0 bridgehead atoms. The second-order valence-electron chi connectivity index (χ2n) is 4.54. The average Bonchev–Trinajstić information content (AvgIpc) is 2.40. The monoisotopic (exact) mass is 336 g/mol. The maximum absolute atomic E-state index is 12.8. The Hall–Kier alpha value is -1.68. The van der Waals surface area contributed by atoms with Crippen molar-refractivity contribution >= 4 is 21.7 Å². The van der Waals surface area contributed by atoms with Crippen molar-refractivity contribution in [2.24, 2.45) is 0 Å². The zero-order valence-corrected chi connectivity index (χ0v) is 12.6. The van der Waals surface area contributed by atoms with E-state index in [0.717, 1.165) is 15.6 Å². The van der Waals surface area contributed by atoms with Gasteiger partial charge in [0.05, 0.1) is 0 Å². The number of aryl methyl sites for hydroxylation is 1. The first-order valence-electron chi connectivity index (χ1n) is 6.19. The van der Waals surface area contributed by atoms with E-state index in [4.69, 9.17) is 4.74 Å². The molecule has 0 N–H and O–H groups in total. The molecule has 0 saturated carbocycles. The third-order valence-corrected chi connectivity index (χ3v) is 3.33. The highest BCUT2D eigenvalue weighted by Gasteiger charge is 2.07. The highest BCUT2D eigenvalue weighted by atomic mass is 79.9. The van der Waals surface area contributed by atoms with E-state index in [-0.39, 0.29) is 24.6 Å². The Bertz CT molecular complexity index is 608. The van der Waals surface area contributed by atoms with E-state index < -0.39 is 0 Å². The van der Waals surface area contributed by atoms with Gasteiger partial charge in [0.2, 0.25) is 0 Å². The molecule has 0 aliphatic heterocycles. The van der Waals surface area contributed by atoms with Crippen LogP contribution in [0.2, 0.25) is 0 Å². The number of halogens is 2. The van der Waals surface area contributed by atoms with Gasteiger partial charge in [-0.2, -0.15) is 0 Å². The number of ketones is 1. The fourth-order valence-corrected chi connectivity index (χ4v) is 2.29. The van der Waals surface area contributed by atoms with Crippen LogP contribution in [-0.2, 0) is 11.2 Å². The molecule has 0 aromatic heterocycles. The van der Waals surface area contributed by atoms with Crippen LogP contribution in [0, 0.1) is 12.7 Å². The van der Waals surface area contributed by atoms with Crippen LogP contribution in [0.4, 0.5) is 4.39 Å². The van der Waals surface area contributed by atoms with Crippen molar-refractivity contribution in [3.63, 3.8) is 0 Å². The van der Waals surface area contributed by atoms with Crippen molar-refractivity contribution in [3.8, 4) is 5.75 Å². The Kier molecular flexibility index (Phi) is 4.90. The largest absolute Gasteiger partial charge is 0.486 e. The Morgan fingerprint density at radius 2 is 1.90 bits per heavy atom. The molecule has 20 heavy (non-hydrogen) atoms. The number of benzene rings is 2. The van der Waals surface area contributed by atoms with Crippen molar-refractivity contribution in [3.05, 3.63) is 63.9 Å². The van der Waals surface area contributed by atoms with Crippen molar-refractivity contribution in [1.82, 2.24) is 0 Å². The van der Waals surface area contributed by atoms with E-state index in [9.17, 15) is 9.18 Å². The zero-order chi connectivity index (χ0) is 14.5. The number of hydrogen-bond donors (Lipinski definition) is 0. The molecule has 0 amide bonds. The molecule has 2 nitrogen and oxygen atoms in total. The maximum Gasteiger partial charge on any atom is 0.174 e. The van der Waals surface area contributed by atoms with Crippen molar-refractivity contribution in [2.45, 2.75) is 13.3 Å². The molecule has 2 aromatic carbocycles. The first-order chi connectivity index (χ1) is 9.54. The third kappa shape index (κ3) is 4.17. The smallest absolute Gasteiger partial charge is 0.174 e. The summed E-state index contributed by atoms with van der Waals surface area (Å²) in [6.45, 7) is 1.93. The van der Waals surface area contributed by atoms with Gasteiger partial charge in [-0.3, -0.25) is 4.79 Å². The van der Waals surface area contributed by atoms with Gasteiger partial charge < -0.3 is 4.74 Å². The molecule has 0 atom stereocenters. The summed E-state index contributed by atoms with van der Waals surface area (Å²) in [7, 11) is 0. The molecular formula is C16H14BrFO2. The van der Waals surface area contributed by atoms with Crippen LogP contribution >= 0.6 is 15.9 Å². The Morgan fingerprint density at radius 1 is 1.20 bits per heavy atom. The normalized spacial score (nSPS) is 10.3. The number of Topliss-reactive ketones (excluding diaryl/α,β-unsaturated/α-hetero) is 1. The van der Waals surface area contributed by atoms with Gasteiger partial charge in [0, 0.05) is 10.9 Å². The van der Waals surface area contributed by atoms with E-state index in [1.807, 2.05) is 25.1 Å². The van der Waals surface area contributed by atoms with Gasteiger partial charge in [0.15, 0.2) is 5.78 Å². The lowest BCUT2D eigenvalue weighted by Gasteiger charge is -2.08. The van der Waals surface area contributed by atoms with Gasteiger partial charge in [-0.25, -0.2) is 4.39 Å². The van der Waals surface area contributed by atoms with E-state index in [1.54, 1.807) is 12.1 Å². The SMILES string of the molecule is Cc1cc(Br)ccc1OCC(=O)Cc1ccc(F)cc1. The number of rotatable bonds is 5. The van der Waals surface area contributed by atoms with Crippen LogP contribution in [0.3, 0.4) is 0 Å².